The fourth-order valence-corrected chi connectivity index (χ4v) is 5.12. The second kappa shape index (κ2) is 9.90. The van der Waals surface area contributed by atoms with Crippen LogP contribution in [0.25, 0.3) is 5.69 Å². The summed E-state index contributed by atoms with van der Waals surface area (Å²) < 4.78 is 29.2. The standard InChI is InChI=1S/C25H26N8O3S/c1-18-5-11-21(12-6-18)37(35,36)29-19-7-9-20(10-8-19)33-24(26)23(28-30-33)25(34)32-16-14-31(15-17-32)22-4-2-3-13-27-22/h2-13,29H,14-17,26H2,1H3. The van der Waals surface area contributed by atoms with Crippen LogP contribution in [0.1, 0.15) is 16.1 Å². The summed E-state index contributed by atoms with van der Waals surface area (Å²) in [5.74, 6) is 0.710. The number of carbonyl (C=O) groups is 1. The van der Waals surface area contributed by atoms with E-state index in [4.69, 9.17) is 5.73 Å². The number of nitrogens with two attached hydrogens (primary N) is 1. The summed E-state index contributed by atoms with van der Waals surface area (Å²) in [5.41, 5.74) is 8.22. The number of rotatable bonds is 6. The minimum absolute atomic E-state index is 0.0791. The Balaban J connectivity index is 1.26. The molecule has 0 unspecified atom stereocenters. The zero-order valence-corrected chi connectivity index (χ0v) is 21.0. The van der Waals surface area contributed by atoms with Gasteiger partial charge in [-0.3, -0.25) is 9.52 Å². The molecule has 1 amide bonds. The first-order valence-electron chi connectivity index (χ1n) is 11.7. The molecule has 11 nitrogen and oxygen atoms in total. The molecule has 0 spiro atoms. The lowest BCUT2D eigenvalue weighted by molar-refractivity contribution is 0.0741. The van der Waals surface area contributed by atoms with Crippen LogP contribution in [-0.4, -0.2) is 65.4 Å². The quantitative estimate of drug-likeness (QED) is 0.396. The molecule has 3 N–H and O–H groups in total. The molecule has 12 heteroatoms. The summed E-state index contributed by atoms with van der Waals surface area (Å²) in [6.07, 6.45) is 1.75. The highest BCUT2D eigenvalue weighted by atomic mass is 32.2. The van der Waals surface area contributed by atoms with E-state index >= 15 is 0 Å². The Morgan fingerprint density at radius 2 is 1.65 bits per heavy atom. The van der Waals surface area contributed by atoms with E-state index in [1.54, 1.807) is 59.6 Å². The van der Waals surface area contributed by atoms with Gasteiger partial charge in [0.05, 0.1) is 10.6 Å². The number of nitrogen functional groups attached to an aromatic ring is 1. The van der Waals surface area contributed by atoms with Crippen molar-refractivity contribution < 1.29 is 13.2 Å². The van der Waals surface area contributed by atoms with Gasteiger partial charge in [0, 0.05) is 38.1 Å². The van der Waals surface area contributed by atoms with Crippen molar-refractivity contribution >= 4 is 33.3 Å². The molecule has 0 radical (unpaired) electrons. The van der Waals surface area contributed by atoms with Gasteiger partial charge in [-0.15, -0.1) is 5.10 Å². The van der Waals surface area contributed by atoms with Crippen molar-refractivity contribution in [2.45, 2.75) is 11.8 Å². The Morgan fingerprint density at radius 1 is 0.946 bits per heavy atom. The van der Waals surface area contributed by atoms with E-state index < -0.39 is 10.0 Å². The first kappa shape index (κ1) is 24.3. The van der Waals surface area contributed by atoms with Crippen molar-refractivity contribution in [3.05, 3.63) is 84.2 Å². The van der Waals surface area contributed by atoms with Crippen molar-refractivity contribution in [1.82, 2.24) is 24.9 Å². The van der Waals surface area contributed by atoms with Crippen molar-refractivity contribution in [3.63, 3.8) is 0 Å². The van der Waals surface area contributed by atoms with Gasteiger partial charge in [-0.05, 0) is 55.5 Å². The molecule has 2 aromatic heterocycles. The molecule has 1 fully saturated rings. The number of sulfonamides is 1. The van der Waals surface area contributed by atoms with Crippen molar-refractivity contribution in [1.29, 1.82) is 0 Å². The Hall–Kier alpha value is -4.45. The predicted molar refractivity (Wildman–Crippen MR) is 140 cm³/mol. The molecule has 3 heterocycles. The molecule has 5 rings (SSSR count). The number of hydrogen-bond acceptors (Lipinski definition) is 8. The molecule has 0 bridgehead atoms. The van der Waals surface area contributed by atoms with E-state index in [1.165, 1.54) is 4.68 Å². The second-order valence-electron chi connectivity index (χ2n) is 8.67. The highest BCUT2D eigenvalue weighted by molar-refractivity contribution is 7.92. The van der Waals surface area contributed by atoms with Gasteiger partial charge in [-0.2, -0.15) is 4.68 Å². The Bertz CT molecular complexity index is 1500. The number of anilines is 3. The van der Waals surface area contributed by atoms with Crippen LogP contribution in [-0.2, 0) is 10.0 Å². The largest absolute Gasteiger partial charge is 0.382 e. The number of aryl methyl sites for hydroxylation is 1. The number of aromatic nitrogens is 4. The third-order valence-corrected chi connectivity index (χ3v) is 7.54. The van der Waals surface area contributed by atoms with Gasteiger partial charge in [0.15, 0.2) is 11.5 Å². The van der Waals surface area contributed by atoms with E-state index in [2.05, 4.69) is 24.9 Å². The molecule has 0 atom stereocenters. The average Bonchev–Trinajstić information content (AvgIpc) is 3.30. The molecule has 1 aliphatic rings. The van der Waals surface area contributed by atoms with Crippen LogP contribution < -0.4 is 15.4 Å². The Morgan fingerprint density at radius 3 is 2.30 bits per heavy atom. The number of nitrogens with zero attached hydrogens (tertiary/aromatic N) is 6. The lowest BCUT2D eigenvalue weighted by atomic mass is 10.2. The van der Waals surface area contributed by atoms with Crippen molar-refractivity contribution in [2.75, 3.05) is 41.5 Å². The zero-order valence-electron chi connectivity index (χ0n) is 20.2. The van der Waals surface area contributed by atoms with Gasteiger partial charge >= 0.3 is 0 Å². The lowest BCUT2D eigenvalue weighted by Crippen LogP contribution is -2.49. The minimum Gasteiger partial charge on any atom is -0.382 e. The normalized spacial score (nSPS) is 14.0. The van der Waals surface area contributed by atoms with Crippen LogP contribution in [0.5, 0.6) is 0 Å². The molecular formula is C25H26N8O3S. The van der Waals surface area contributed by atoms with E-state index in [-0.39, 0.29) is 22.3 Å². The molecule has 2 aromatic carbocycles. The monoisotopic (exact) mass is 518 g/mol. The van der Waals surface area contributed by atoms with E-state index in [0.29, 0.717) is 37.6 Å². The molecule has 37 heavy (non-hydrogen) atoms. The van der Waals surface area contributed by atoms with Crippen LogP contribution in [0.15, 0.2) is 77.8 Å². The van der Waals surface area contributed by atoms with Gasteiger partial charge in [0.1, 0.15) is 5.82 Å². The summed E-state index contributed by atoms with van der Waals surface area (Å²) in [6.45, 7) is 4.21. The molecular weight excluding hydrogens is 492 g/mol. The third kappa shape index (κ3) is 5.09. The number of piperazine rings is 1. The highest BCUT2D eigenvalue weighted by Gasteiger charge is 2.27. The molecule has 4 aromatic rings. The third-order valence-electron chi connectivity index (χ3n) is 6.14. The summed E-state index contributed by atoms with van der Waals surface area (Å²) in [5, 5.41) is 8.09. The zero-order chi connectivity index (χ0) is 26.0. The molecule has 0 aliphatic carbocycles. The summed E-state index contributed by atoms with van der Waals surface area (Å²) in [7, 11) is -3.72. The van der Waals surface area contributed by atoms with E-state index in [0.717, 1.165) is 11.4 Å². The van der Waals surface area contributed by atoms with Crippen molar-refractivity contribution in [3.8, 4) is 5.69 Å². The SMILES string of the molecule is Cc1ccc(S(=O)(=O)Nc2ccc(-n3nnc(C(=O)N4CCN(c5ccccn5)CC4)c3N)cc2)cc1. The molecule has 190 valence electrons. The number of amides is 1. The fraction of sp³-hybridized carbons (Fsp3) is 0.200. The maximum Gasteiger partial charge on any atom is 0.278 e. The van der Waals surface area contributed by atoms with E-state index in [1.807, 2.05) is 25.1 Å². The molecule has 1 saturated heterocycles. The lowest BCUT2D eigenvalue weighted by Gasteiger charge is -2.35. The fourth-order valence-electron chi connectivity index (χ4n) is 4.06. The van der Waals surface area contributed by atoms with Gasteiger partial charge in [-0.1, -0.05) is 29.0 Å². The topological polar surface area (TPSA) is 139 Å². The summed E-state index contributed by atoms with van der Waals surface area (Å²) >= 11 is 0. The van der Waals surface area contributed by atoms with Crippen molar-refractivity contribution in [2.24, 2.45) is 0 Å². The second-order valence-corrected chi connectivity index (χ2v) is 10.4. The van der Waals surface area contributed by atoms with E-state index in [9.17, 15) is 13.2 Å². The maximum absolute atomic E-state index is 13.1. The predicted octanol–water partition coefficient (Wildman–Crippen LogP) is 2.32. The minimum atomic E-state index is -3.72. The van der Waals surface area contributed by atoms with Crippen LogP contribution in [0.2, 0.25) is 0 Å². The summed E-state index contributed by atoms with van der Waals surface area (Å²) in [6, 6.07) is 18.8. The number of pyridine rings is 1. The van der Waals surface area contributed by atoms with Crippen LogP contribution in [0, 0.1) is 6.92 Å². The smallest absolute Gasteiger partial charge is 0.278 e. The Kier molecular flexibility index (Phi) is 6.49. The number of nitrogens with one attached hydrogen (secondary N) is 1. The maximum atomic E-state index is 13.1. The Labute approximate surface area is 214 Å². The average molecular weight is 519 g/mol. The van der Waals surface area contributed by atoms with Gasteiger partial charge in [-0.25, -0.2) is 13.4 Å². The number of carbonyl (C=O) groups excluding carboxylic acids is 1. The van der Waals surface area contributed by atoms with Crippen LogP contribution in [0.3, 0.4) is 0 Å². The first-order chi connectivity index (χ1) is 17.8. The molecule has 0 saturated carbocycles. The first-order valence-corrected chi connectivity index (χ1v) is 13.2. The van der Waals surface area contributed by atoms with Gasteiger partial charge < -0.3 is 15.5 Å². The number of hydrogen-bond donors (Lipinski definition) is 2. The van der Waals surface area contributed by atoms with Gasteiger partial charge in [0.25, 0.3) is 15.9 Å². The van der Waals surface area contributed by atoms with Crippen LogP contribution in [0.4, 0.5) is 17.3 Å². The van der Waals surface area contributed by atoms with Crippen LogP contribution >= 0.6 is 0 Å². The van der Waals surface area contributed by atoms with Gasteiger partial charge in [0.2, 0.25) is 0 Å². The highest BCUT2D eigenvalue weighted by Crippen LogP contribution is 2.22. The number of benzene rings is 2. The molecule has 1 aliphatic heterocycles. The summed E-state index contributed by atoms with van der Waals surface area (Å²) in [4.78, 5) is 21.5.